The summed E-state index contributed by atoms with van der Waals surface area (Å²) in [4.78, 5) is 28.9. The average molecular weight is 343 g/mol. The smallest absolute Gasteiger partial charge is 0.317 e. The predicted molar refractivity (Wildman–Crippen MR) is 93.7 cm³/mol. The van der Waals surface area contributed by atoms with E-state index in [4.69, 9.17) is 4.74 Å². The molecular weight excluding hydrogens is 318 g/mol. The van der Waals surface area contributed by atoms with Crippen molar-refractivity contribution < 1.29 is 14.3 Å². The van der Waals surface area contributed by atoms with Crippen LogP contribution in [0, 0.1) is 0 Å². The summed E-state index contributed by atoms with van der Waals surface area (Å²) >= 11 is 0. The third-order valence-corrected chi connectivity index (χ3v) is 5.67. The largest absolute Gasteiger partial charge is 0.486 e. The van der Waals surface area contributed by atoms with Crippen molar-refractivity contribution in [2.45, 2.75) is 50.3 Å². The minimum Gasteiger partial charge on any atom is -0.486 e. The zero-order valence-electron chi connectivity index (χ0n) is 14.6. The van der Waals surface area contributed by atoms with Gasteiger partial charge in [-0.05, 0) is 25.0 Å². The van der Waals surface area contributed by atoms with Crippen molar-refractivity contribution in [2.75, 3.05) is 20.1 Å². The van der Waals surface area contributed by atoms with E-state index in [1.54, 1.807) is 22.9 Å². The molecule has 2 heterocycles. The summed E-state index contributed by atoms with van der Waals surface area (Å²) < 4.78 is 6.11. The molecule has 2 aliphatic heterocycles. The van der Waals surface area contributed by atoms with Gasteiger partial charge in [-0.3, -0.25) is 4.79 Å². The predicted octanol–water partition coefficient (Wildman–Crippen LogP) is 2.25. The second kappa shape index (κ2) is 6.58. The maximum absolute atomic E-state index is 12.7. The van der Waals surface area contributed by atoms with Crippen molar-refractivity contribution in [3.8, 4) is 5.75 Å². The second-order valence-electron chi connectivity index (χ2n) is 7.33. The van der Waals surface area contributed by atoms with Gasteiger partial charge in [-0.15, -0.1) is 0 Å². The standard InChI is InChI=1S/C19H25N3O3/c1-21-15-11-22(19(24)20-13-7-3-2-4-8-13)12-17(15)25-16-10-6-5-9-14(16)18(21)23/h5-6,9-10,13,15,17H,2-4,7-8,11-12H2,1H3,(H,20,24). The van der Waals surface area contributed by atoms with Gasteiger partial charge in [0.15, 0.2) is 0 Å². The number of fused-ring (bicyclic) bond motifs is 2. The number of para-hydroxylation sites is 1. The quantitative estimate of drug-likeness (QED) is 0.851. The molecular formula is C19H25N3O3. The highest BCUT2D eigenvalue weighted by Gasteiger charge is 2.43. The van der Waals surface area contributed by atoms with Crippen molar-refractivity contribution in [1.82, 2.24) is 15.1 Å². The number of benzene rings is 1. The zero-order chi connectivity index (χ0) is 17.4. The Balaban J connectivity index is 1.47. The minimum atomic E-state index is -0.185. The van der Waals surface area contributed by atoms with Gasteiger partial charge in [0.1, 0.15) is 11.9 Å². The van der Waals surface area contributed by atoms with E-state index in [9.17, 15) is 9.59 Å². The SMILES string of the molecule is CN1C(=O)c2ccccc2OC2CN(C(=O)NC3CCCCC3)CC21. The molecule has 0 aromatic heterocycles. The van der Waals surface area contributed by atoms with Gasteiger partial charge in [-0.2, -0.15) is 0 Å². The lowest BCUT2D eigenvalue weighted by molar-refractivity contribution is 0.0682. The summed E-state index contributed by atoms with van der Waals surface area (Å²) in [6, 6.07) is 7.48. The molecule has 2 fully saturated rings. The molecule has 6 nitrogen and oxygen atoms in total. The first-order valence-corrected chi connectivity index (χ1v) is 9.22. The number of hydrogen-bond donors (Lipinski definition) is 1. The molecule has 1 saturated heterocycles. The number of carbonyl (C=O) groups excluding carboxylic acids is 2. The van der Waals surface area contributed by atoms with Crippen molar-refractivity contribution >= 4 is 11.9 Å². The highest BCUT2D eigenvalue weighted by atomic mass is 16.5. The summed E-state index contributed by atoms with van der Waals surface area (Å²) in [6.07, 6.45) is 5.58. The molecule has 1 aromatic carbocycles. The first-order chi connectivity index (χ1) is 12.1. The van der Waals surface area contributed by atoms with Crippen LogP contribution in [0.5, 0.6) is 5.75 Å². The number of nitrogens with one attached hydrogen (secondary N) is 1. The number of nitrogens with zero attached hydrogens (tertiary/aromatic N) is 2. The van der Waals surface area contributed by atoms with E-state index in [1.165, 1.54) is 19.3 Å². The molecule has 4 rings (SSSR count). The number of ether oxygens (including phenoxy) is 1. The Hall–Kier alpha value is -2.24. The Morgan fingerprint density at radius 1 is 1.16 bits per heavy atom. The number of likely N-dealkylation sites (tertiary alicyclic amines) is 1. The van der Waals surface area contributed by atoms with E-state index in [-0.39, 0.29) is 30.1 Å². The molecule has 1 N–H and O–H groups in total. The molecule has 0 bridgehead atoms. The Bertz CT molecular complexity index is 672. The fourth-order valence-corrected chi connectivity index (χ4v) is 4.17. The van der Waals surface area contributed by atoms with Crippen LogP contribution in [0.4, 0.5) is 4.79 Å². The lowest BCUT2D eigenvalue weighted by Gasteiger charge is -2.27. The van der Waals surface area contributed by atoms with Gasteiger partial charge in [0.25, 0.3) is 5.91 Å². The lowest BCUT2D eigenvalue weighted by atomic mass is 9.96. The van der Waals surface area contributed by atoms with Crippen molar-refractivity contribution in [3.05, 3.63) is 29.8 Å². The van der Waals surface area contributed by atoms with Crippen LogP contribution in [-0.2, 0) is 0 Å². The lowest BCUT2D eigenvalue weighted by Crippen LogP contribution is -2.46. The van der Waals surface area contributed by atoms with Crippen LogP contribution in [0.1, 0.15) is 42.5 Å². The van der Waals surface area contributed by atoms with E-state index in [1.807, 2.05) is 18.2 Å². The van der Waals surface area contributed by atoms with E-state index in [0.717, 1.165) is 12.8 Å². The summed E-state index contributed by atoms with van der Waals surface area (Å²) in [5.41, 5.74) is 0.595. The molecule has 0 radical (unpaired) electrons. The van der Waals surface area contributed by atoms with E-state index in [0.29, 0.717) is 24.4 Å². The van der Waals surface area contributed by atoms with Gasteiger partial charge in [-0.1, -0.05) is 31.4 Å². The van der Waals surface area contributed by atoms with Crippen LogP contribution in [0.25, 0.3) is 0 Å². The molecule has 1 aliphatic carbocycles. The van der Waals surface area contributed by atoms with Crippen LogP contribution >= 0.6 is 0 Å². The first-order valence-electron chi connectivity index (χ1n) is 9.22. The van der Waals surface area contributed by atoms with E-state index in [2.05, 4.69) is 5.32 Å². The van der Waals surface area contributed by atoms with E-state index < -0.39 is 0 Å². The topological polar surface area (TPSA) is 61.9 Å². The maximum Gasteiger partial charge on any atom is 0.317 e. The summed E-state index contributed by atoms with van der Waals surface area (Å²) in [5.74, 6) is 0.569. The molecule has 6 heteroatoms. The highest BCUT2D eigenvalue weighted by molar-refractivity contribution is 5.97. The van der Waals surface area contributed by atoms with Crippen LogP contribution in [0.3, 0.4) is 0 Å². The van der Waals surface area contributed by atoms with Crippen molar-refractivity contribution in [1.29, 1.82) is 0 Å². The summed E-state index contributed by atoms with van der Waals surface area (Å²) in [7, 11) is 1.80. The van der Waals surface area contributed by atoms with Crippen LogP contribution in [-0.4, -0.2) is 60.1 Å². The summed E-state index contributed by atoms with van der Waals surface area (Å²) in [6.45, 7) is 1.02. The minimum absolute atomic E-state index is 0.0299. The average Bonchev–Trinajstić information content (AvgIpc) is 3.02. The fourth-order valence-electron chi connectivity index (χ4n) is 4.17. The van der Waals surface area contributed by atoms with Crippen LogP contribution in [0.2, 0.25) is 0 Å². The summed E-state index contributed by atoms with van der Waals surface area (Å²) in [5, 5.41) is 3.16. The van der Waals surface area contributed by atoms with Gasteiger partial charge in [0.2, 0.25) is 0 Å². The van der Waals surface area contributed by atoms with Gasteiger partial charge < -0.3 is 19.9 Å². The molecule has 1 saturated carbocycles. The Morgan fingerprint density at radius 2 is 1.92 bits per heavy atom. The molecule has 3 aliphatic rings. The molecule has 2 atom stereocenters. The van der Waals surface area contributed by atoms with Crippen molar-refractivity contribution in [2.24, 2.45) is 0 Å². The van der Waals surface area contributed by atoms with Crippen molar-refractivity contribution in [3.63, 3.8) is 0 Å². The van der Waals surface area contributed by atoms with Gasteiger partial charge in [-0.25, -0.2) is 4.79 Å². The number of likely N-dealkylation sites (N-methyl/N-ethyl adjacent to an activating group) is 1. The maximum atomic E-state index is 12.7. The Morgan fingerprint density at radius 3 is 2.72 bits per heavy atom. The van der Waals surface area contributed by atoms with Gasteiger partial charge >= 0.3 is 6.03 Å². The zero-order valence-corrected chi connectivity index (χ0v) is 14.6. The number of carbonyl (C=O) groups is 2. The van der Waals surface area contributed by atoms with Gasteiger partial charge in [0, 0.05) is 19.6 Å². The second-order valence-corrected chi connectivity index (χ2v) is 7.33. The molecule has 0 spiro atoms. The monoisotopic (exact) mass is 343 g/mol. The molecule has 134 valence electrons. The van der Waals surface area contributed by atoms with Crippen LogP contribution in [0.15, 0.2) is 24.3 Å². The third kappa shape index (κ3) is 3.05. The number of amides is 3. The molecule has 2 unspecified atom stereocenters. The number of rotatable bonds is 1. The normalized spacial score (nSPS) is 26.5. The Labute approximate surface area is 148 Å². The number of hydrogen-bond acceptors (Lipinski definition) is 3. The fraction of sp³-hybridized carbons (Fsp3) is 0.579. The molecule has 3 amide bonds. The molecule has 25 heavy (non-hydrogen) atoms. The Kier molecular flexibility index (Phi) is 4.27. The van der Waals surface area contributed by atoms with E-state index >= 15 is 0 Å². The van der Waals surface area contributed by atoms with Gasteiger partial charge in [0.05, 0.1) is 18.2 Å². The first kappa shape index (κ1) is 16.2. The molecule has 1 aromatic rings. The highest BCUT2D eigenvalue weighted by Crippen LogP contribution is 2.30. The van der Waals surface area contributed by atoms with Crippen LogP contribution < -0.4 is 10.1 Å². The number of urea groups is 1. The third-order valence-electron chi connectivity index (χ3n) is 5.67.